The zero-order valence-electron chi connectivity index (χ0n) is 33.5. The number of rotatable bonds is 11. The van der Waals surface area contributed by atoms with Crippen LogP contribution < -0.4 is 20.5 Å². The fourth-order valence-corrected chi connectivity index (χ4v) is 8.09. The van der Waals surface area contributed by atoms with Gasteiger partial charge in [0.05, 0.1) is 33.8 Å². The standard InChI is InChI=1S/C43H41ClF3N9O5/c1-4-34-37(53-14-16-54(17-15-53)40(58)36-38(25(2)48-24-49-36)61-23-26-8-6-5-7-9-26)41(59)56-42(51-39(52-56)28-11-10-27-19-31(60-3)20-29(27)18-28)55(34)22-35(57)50-33-13-12-30(21-32(33)44)43(45,46)47/h5-13,18,21,24,31H,4,14-17,19-20,22-23H2,1-3H3,(H,50,57). The number of halogens is 4. The number of carbonyl (C=O) groups is 2. The molecule has 3 aromatic heterocycles. The molecule has 2 amide bonds. The molecule has 61 heavy (non-hydrogen) atoms. The molecule has 1 atom stereocenters. The van der Waals surface area contributed by atoms with Crippen LogP contribution in [0, 0.1) is 6.92 Å². The summed E-state index contributed by atoms with van der Waals surface area (Å²) in [5.41, 5.74) is 3.79. The Morgan fingerprint density at radius 1 is 0.967 bits per heavy atom. The molecule has 0 spiro atoms. The lowest BCUT2D eigenvalue weighted by Gasteiger charge is -2.36. The van der Waals surface area contributed by atoms with Crippen LogP contribution >= 0.6 is 11.6 Å². The number of anilines is 2. The first-order valence-corrected chi connectivity index (χ1v) is 20.1. The van der Waals surface area contributed by atoms with E-state index in [1.54, 1.807) is 23.5 Å². The Morgan fingerprint density at radius 2 is 1.72 bits per heavy atom. The lowest BCUT2D eigenvalue weighted by atomic mass is 10.1. The molecule has 0 radical (unpaired) electrons. The van der Waals surface area contributed by atoms with Crippen molar-refractivity contribution >= 4 is 40.6 Å². The van der Waals surface area contributed by atoms with Gasteiger partial charge in [-0.2, -0.15) is 22.7 Å². The lowest BCUT2D eigenvalue weighted by Crippen LogP contribution is -2.51. The van der Waals surface area contributed by atoms with Crippen LogP contribution in [0.5, 0.6) is 5.75 Å². The number of methoxy groups -OCH3 is 1. The first-order chi connectivity index (χ1) is 29.3. The number of carbonyl (C=O) groups excluding carboxylic acids is 2. The lowest BCUT2D eigenvalue weighted by molar-refractivity contribution is -0.137. The van der Waals surface area contributed by atoms with Crippen molar-refractivity contribution in [2.24, 2.45) is 0 Å². The van der Waals surface area contributed by atoms with E-state index in [4.69, 9.17) is 26.1 Å². The molecule has 3 aromatic carbocycles. The average Bonchev–Trinajstić information content (AvgIpc) is 3.90. The molecule has 2 aliphatic rings. The Hall–Kier alpha value is -6.33. The van der Waals surface area contributed by atoms with E-state index in [2.05, 4.69) is 20.4 Å². The summed E-state index contributed by atoms with van der Waals surface area (Å²) < 4.78 is 54.5. The van der Waals surface area contributed by atoms with E-state index in [9.17, 15) is 27.6 Å². The van der Waals surface area contributed by atoms with Crippen molar-refractivity contribution in [1.82, 2.24) is 34.0 Å². The molecule has 6 aromatic rings. The Kier molecular flexibility index (Phi) is 11.5. The Balaban J connectivity index is 1.11. The minimum Gasteiger partial charge on any atom is -0.485 e. The predicted octanol–water partition coefficient (Wildman–Crippen LogP) is 6.18. The summed E-state index contributed by atoms with van der Waals surface area (Å²) in [6.07, 6.45) is -1.47. The summed E-state index contributed by atoms with van der Waals surface area (Å²) >= 11 is 6.20. The van der Waals surface area contributed by atoms with Gasteiger partial charge in [0.1, 0.15) is 25.2 Å². The smallest absolute Gasteiger partial charge is 0.416 e. The zero-order valence-corrected chi connectivity index (χ0v) is 34.3. The second kappa shape index (κ2) is 17.0. The first-order valence-electron chi connectivity index (χ1n) is 19.7. The van der Waals surface area contributed by atoms with E-state index in [1.165, 1.54) is 10.8 Å². The maximum absolute atomic E-state index is 14.6. The van der Waals surface area contributed by atoms with E-state index < -0.39 is 23.2 Å². The molecule has 14 nitrogen and oxygen atoms in total. The van der Waals surface area contributed by atoms with Gasteiger partial charge in [-0.25, -0.2) is 9.97 Å². The van der Waals surface area contributed by atoms with Crippen molar-refractivity contribution in [3.8, 4) is 17.1 Å². The molecule has 18 heteroatoms. The van der Waals surface area contributed by atoms with Gasteiger partial charge >= 0.3 is 6.18 Å². The summed E-state index contributed by atoms with van der Waals surface area (Å²) in [4.78, 5) is 59.2. The largest absolute Gasteiger partial charge is 0.485 e. The van der Waals surface area contributed by atoms with Crippen LogP contribution in [-0.2, 0) is 48.1 Å². The number of benzene rings is 3. The monoisotopic (exact) mass is 855 g/mol. The molecule has 1 unspecified atom stereocenters. The van der Waals surface area contributed by atoms with Crippen LogP contribution in [0.2, 0.25) is 5.02 Å². The summed E-state index contributed by atoms with van der Waals surface area (Å²) in [7, 11) is 1.68. The quantitative estimate of drug-likeness (QED) is 0.160. The minimum atomic E-state index is -4.62. The molecule has 8 rings (SSSR count). The summed E-state index contributed by atoms with van der Waals surface area (Å²) in [5.74, 6) is -0.315. The van der Waals surface area contributed by atoms with Gasteiger partial charge in [-0.05, 0) is 67.1 Å². The molecule has 1 N–H and O–H groups in total. The van der Waals surface area contributed by atoms with Crippen molar-refractivity contribution in [2.45, 2.75) is 58.5 Å². The molecule has 1 aliphatic carbocycles. The minimum absolute atomic E-state index is 0.0158. The van der Waals surface area contributed by atoms with Gasteiger partial charge in [0.15, 0.2) is 17.3 Å². The highest BCUT2D eigenvalue weighted by Crippen LogP contribution is 2.34. The Morgan fingerprint density at radius 3 is 2.43 bits per heavy atom. The van der Waals surface area contributed by atoms with Crippen molar-refractivity contribution in [3.63, 3.8) is 0 Å². The van der Waals surface area contributed by atoms with Crippen LogP contribution in [0.4, 0.5) is 24.5 Å². The number of aryl methyl sites for hydroxylation is 1. The summed E-state index contributed by atoms with van der Waals surface area (Å²) in [5, 5.41) is 7.01. The molecular formula is C43H41ClF3N9O5. The number of nitrogens with zero attached hydrogens (tertiary/aromatic N) is 8. The number of aromatic nitrogens is 6. The number of hydrogen-bond donors (Lipinski definition) is 1. The van der Waals surface area contributed by atoms with Gasteiger partial charge in [0.2, 0.25) is 11.7 Å². The second-order valence-corrected chi connectivity index (χ2v) is 15.3. The topological polar surface area (TPSA) is 149 Å². The zero-order chi connectivity index (χ0) is 43.0. The van der Waals surface area contributed by atoms with Crippen LogP contribution in [0.25, 0.3) is 17.2 Å². The SMILES string of the molecule is CCc1c(N2CCN(C(=O)c3ncnc(C)c3OCc3ccccc3)CC2)c(=O)n2nc(-c3ccc4c(c3)CC(OC)C4)nc2n1CC(=O)Nc1ccc(C(F)(F)F)cc1Cl. The number of ether oxygens (including phenoxy) is 2. The maximum atomic E-state index is 14.6. The summed E-state index contributed by atoms with van der Waals surface area (Å²) in [6, 6.07) is 18.1. The van der Waals surface area contributed by atoms with Crippen molar-refractivity contribution < 1.29 is 32.2 Å². The van der Waals surface area contributed by atoms with Gasteiger partial charge in [-0.1, -0.05) is 61.0 Å². The van der Waals surface area contributed by atoms with Gasteiger partial charge in [0.25, 0.3) is 11.5 Å². The van der Waals surface area contributed by atoms with Gasteiger partial charge in [0, 0.05) is 38.9 Å². The van der Waals surface area contributed by atoms with E-state index in [0.29, 0.717) is 29.1 Å². The molecule has 1 aliphatic heterocycles. The maximum Gasteiger partial charge on any atom is 0.416 e. The number of hydrogen-bond acceptors (Lipinski definition) is 10. The highest BCUT2D eigenvalue weighted by Gasteiger charge is 2.33. The van der Waals surface area contributed by atoms with Gasteiger partial charge in [-0.3, -0.25) is 14.4 Å². The fraction of sp³-hybridized carbons (Fsp3) is 0.326. The third-order valence-corrected chi connectivity index (χ3v) is 11.3. The molecular weight excluding hydrogens is 815 g/mol. The third kappa shape index (κ3) is 8.39. The second-order valence-electron chi connectivity index (χ2n) is 14.9. The number of piperazine rings is 1. The van der Waals surface area contributed by atoms with Crippen LogP contribution in [0.3, 0.4) is 0 Å². The van der Waals surface area contributed by atoms with Crippen LogP contribution in [-0.4, -0.2) is 85.2 Å². The van der Waals surface area contributed by atoms with Crippen LogP contribution in [0.15, 0.2) is 77.9 Å². The number of fused-ring (bicyclic) bond motifs is 2. The van der Waals surface area contributed by atoms with Gasteiger partial charge in [-0.15, -0.1) is 5.10 Å². The fourth-order valence-electron chi connectivity index (χ4n) is 7.86. The molecule has 1 saturated heterocycles. The highest BCUT2D eigenvalue weighted by atomic mass is 35.5. The van der Waals surface area contributed by atoms with E-state index in [-0.39, 0.29) is 91.5 Å². The number of amides is 2. The highest BCUT2D eigenvalue weighted by molar-refractivity contribution is 6.33. The van der Waals surface area contributed by atoms with Crippen molar-refractivity contribution in [2.75, 3.05) is 43.5 Å². The van der Waals surface area contributed by atoms with Crippen molar-refractivity contribution in [1.29, 1.82) is 0 Å². The average molecular weight is 856 g/mol. The number of nitrogens with one attached hydrogen (secondary N) is 1. The normalized spacial score (nSPS) is 15.3. The predicted molar refractivity (Wildman–Crippen MR) is 221 cm³/mol. The molecule has 0 saturated carbocycles. The molecule has 4 heterocycles. The molecule has 316 valence electrons. The van der Waals surface area contributed by atoms with Crippen LogP contribution in [0.1, 0.15) is 51.1 Å². The molecule has 0 bridgehead atoms. The summed E-state index contributed by atoms with van der Waals surface area (Å²) in [6.45, 7) is 4.40. The number of alkyl halides is 3. The van der Waals surface area contributed by atoms with E-state index in [1.807, 2.05) is 60.4 Å². The Labute approximate surface area is 352 Å². The van der Waals surface area contributed by atoms with E-state index in [0.717, 1.165) is 41.3 Å². The molecule has 1 fully saturated rings. The van der Waals surface area contributed by atoms with Crippen molar-refractivity contribution in [3.05, 3.63) is 128 Å². The first kappa shape index (κ1) is 41.4. The van der Waals surface area contributed by atoms with E-state index >= 15 is 0 Å². The van der Waals surface area contributed by atoms with Gasteiger partial charge < -0.3 is 29.2 Å². The third-order valence-electron chi connectivity index (χ3n) is 11.0. The Bertz CT molecular complexity index is 2700.